The Bertz CT molecular complexity index is 387. The first kappa shape index (κ1) is 13.5. The summed E-state index contributed by atoms with van der Waals surface area (Å²) in [6, 6.07) is 7.23. The summed E-state index contributed by atoms with van der Waals surface area (Å²) in [5.74, 6) is 0. The average molecular weight is 236 g/mol. The van der Waals surface area contributed by atoms with E-state index in [1.807, 2.05) is 19.2 Å². The molecule has 0 aromatic heterocycles. The second kappa shape index (κ2) is 6.88. The number of hydrogen-bond donors (Lipinski definition) is 3. The normalized spacial score (nSPS) is 13.8. The minimum absolute atomic E-state index is 0.143. The number of aliphatic hydroxyl groups excluding tert-OH is 2. The lowest BCUT2D eigenvalue weighted by Gasteiger charge is -2.16. The summed E-state index contributed by atoms with van der Waals surface area (Å²) in [5, 5.41) is 25.6. The Kier molecular flexibility index (Phi) is 5.45. The Labute approximate surface area is 99.5 Å². The molecule has 17 heavy (non-hydrogen) atoms. The molecule has 1 aromatic carbocycles. The van der Waals surface area contributed by atoms with Gasteiger partial charge in [0.15, 0.2) is 0 Å². The molecular formula is C11H16N4O2. The van der Waals surface area contributed by atoms with E-state index in [9.17, 15) is 10.2 Å². The smallest absolute Gasteiger partial charge is 0.105 e. The predicted octanol–water partition coefficient (Wildman–Crippen LogP) is 1.11. The zero-order valence-electron chi connectivity index (χ0n) is 9.61. The van der Waals surface area contributed by atoms with E-state index in [0.717, 1.165) is 12.1 Å². The van der Waals surface area contributed by atoms with Gasteiger partial charge in [-0.3, -0.25) is 0 Å². The van der Waals surface area contributed by atoms with E-state index in [4.69, 9.17) is 5.53 Å². The quantitative estimate of drug-likeness (QED) is 0.391. The lowest BCUT2D eigenvalue weighted by Crippen LogP contribution is -2.21. The lowest BCUT2D eigenvalue weighted by atomic mass is 10.0. The molecule has 6 heteroatoms. The molecule has 1 aromatic rings. The van der Waals surface area contributed by atoms with E-state index in [-0.39, 0.29) is 6.54 Å². The van der Waals surface area contributed by atoms with Crippen molar-refractivity contribution in [3.8, 4) is 0 Å². The average Bonchev–Trinajstić information content (AvgIpc) is 2.36. The SMILES string of the molecule is CNCc1ccc(C(O)C(O)CN=[N+]=[N-])cc1. The zero-order valence-corrected chi connectivity index (χ0v) is 9.61. The minimum Gasteiger partial charge on any atom is -0.390 e. The van der Waals surface area contributed by atoms with Crippen LogP contribution in [0.15, 0.2) is 29.4 Å². The molecule has 2 unspecified atom stereocenters. The van der Waals surface area contributed by atoms with Crippen LogP contribution < -0.4 is 5.32 Å². The second-order valence-corrected chi connectivity index (χ2v) is 3.70. The van der Waals surface area contributed by atoms with Gasteiger partial charge in [-0.25, -0.2) is 0 Å². The maximum Gasteiger partial charge on any atom is 0.105 e. The van der Waals surface area contributed by atoms with Crippen LogP contribution in [-0.2, 0) is 6.54 Å². The number of aliphatic hydroxyl groups is 2. The van der Waals surface area contributed by atoms with Gasteiger partial charge in [0.25, 0.3) is 0 Å². The third-order valence-corrected chi connectivity index (χ3v) is 2.40. The summed E-state index contributed by atoms with van der Waals surface area (Å²) in [4.78, 5) is 2.54. The molecule has 0 radical (unpaired) electrons. The Hall–Kier alpha value is -1.59. The molecule has 0 fully saturated rings. The van der Waals surface area contributed by atoms with Gasteiger partial charge in [-0.1, -0.05) is 29.4 Å². The van der Waals surface area contributed by atoms with Crippen LogP contribution in [-0.4, -0.2) is 29.9 Å². The van der Waals surface area contributed by atoms with Crippen LogP contribution in [0.5, 0.6) is 0 Å². The molecule has 2 atom stereocenters. The van der Waals surface area contributed by atoms with Crippen LogP contribution in [0.1, 0.15) is 17.2 Å². The van der Waals surface area contributed by atoms with Crippen LogP contribution in [0.4, 0.5) is 0 Å². The summed E-state index contributed by atoms with van der Waals surface area (Å²) >= 11 is 0. The molecule has 3 N–H and O–H groups in total. The number of nitrogens with one attached hydrogen (secondary N) is 1. The van der Waals surface area contributed by atoms with Gasteiger partial charge in [0.05, 0.1) is 12.6 Å². The lowest BCUT2D eigenvalue weighted by molar-refractivity contribution is 0.0244. The van der Waals surface area contributed by atoms with Crippen LogP contribution in [0, 0.1) is 0 Å². The Morgan fingerprint density at radius 1 is 1.35 bits per heavy atom. The van der Waals surface area contributed by atoms with E-state index in [1.54, 1.807) is 12.1 Å². The summed E-state index contributed by atoms with van der Waals surface area (Å²) in [5.41, 5.74) is 9.81. The van der Waals surface area contributed by atoms with E-state index in [0.29, 0.717) is 5.56 Å². The van der Waals surface area contributed by atoms with Crippen molar-refractivity contribution in [2.45, 2.75) is 18.8 Å². The van der Waals surface area contributed by atoms with Crippen molar-refractivity contribution in [1.29, 1.82) is 0 Å². The first-order valence-corrected chi connectivity index (χ1v) is 5.29. The molecule has 0 saturated carbocycles. The van der Waals surface area contributed by atoms with Crippen molar-refractivity contribution in [1.82, 2.24) is 5.32 Å². The van der Waals surface area contributed by atoms with Crippen molar-refractivity contribution >= 4 is 0 Å². The van der Waals surface area contributed by atoms with Crippen LogP contribution in [0.3, 0.4) is 0 Å². The second-order valence-electron chi connectivity index (χ2n) is 3.70. The summed E-state index contributed by atoms with van der Waals surface area (Å²) in [6.45, 7) is 0.605. The highest BCUT2D eigenvalue weighted by atomic mass is 16.3. The molecule has 6 nitrogen and oxygen atoms in total. The molecule has 0 saturated heterocycles. The molecule has 0 amide bonds. The third kappa shape index (κ3) is 4.05. The molecule has 1 rings (SSSR count). The highest BCUT2D eigenvalue weighted by Crippen LogP contribution is 2.17. The zero-order chi connectivity index (χ0) is 12.7. The third-order valence-electron chi connectivity index (χ3n) is 2.40. The fourth-order valence-corrected chi connectivity index (χ4v) is 1.48. The van der Waals surface area contributed by atoms with Crippen molar-refractivity contribution in [3.05, 3.63) is 45.8 Å². The van der Waals surface area contributed by atoms with Gasteiger partial charge < -0.3 is 15.5 Å². The van der Waals surface area contributed by atoms with E-state index < -0.39 is 12.2 Å². The van der Waals surface area contributed by atoms with Crippen molar-refractivity contribution in [2.75, 3.05) is 13.6 Å². The number of hydrogen-bond acceptors (Lipinski definition) is 4. The van der Waals surface area contributed by atoms with Crippen LogP contribution in [0.25, 0.3) is 10.4 Å². The van der Waals surface area contributed by atoms with E-state index in [1.165, 1.54) is 0 Å². The van der Waals surface area contributed by atoms with Gasteiger partial charge in [0.1, 0.15) is 6.10 Å². The summed E-state index contributed by atoms with van der Waals surface area (Å²) in [6.07, 6.45) is -2.12. The molecule has 0 aliphatic heterocycles. The number of benzene rings is 1. The van der Waals surface area contributed by atoms with Gasteiger partial charge in [-0.05, 0) is 23.7 Å². The number of nitrogens with zero attached hydrogens (tertiary/aromatic N) is 3. The van der Waals surface area contributed by atoms with Crippen LogP contribution in [0.2, 0.25) is 0 Å². The Morgan fingerprint density at radius 2 is 2.00 bits per heavy atom. The first-order chi connectivity index (χ1) is 8.19. The molecule has 0 aliphatic carbocycles. The minimum atomic E-state index is -1.08. The maximum absolute atomic E-state index is 9.79. The summed E-state index contributed by atoms with van der Waals surface area (Å²) in [7, 11) is 1.85. The topological polar surface area (TPSA) is 101 Å². The molecule has 92 valence electrons. The van der Waals surface area contributed by atoms with Crippen LogP contribution >= 0.6 is 0 Å². The Morgan fingerprint density at radius 3 is 2.53 bits per heavy atom. The largest absolute Gasteiger partial charge is 0.390 e. The number of rotatable bonds is 6. The highest BCUT2D eigenvalue weighted by molar-refractivity contribution is 5.24. The van der Waals surface area contributed by atoms with Crippen molar-refractivity contribution in [3.63, 3.8) is 0 Å². The van der Waals surface area contributed by atoms with Gasteiger partial charge in [0.2, 0.25) is 0 Å². The van der Waals surface area contributed by atoms with Crippen molar-refractivity contribution < 1.29 is 10.2 Å². The van der Waals surface area contributed by atoms with E-state index >= 15 is 0 Å². The van der Waals surface area contributed by atoms with Gasteiger partial charge in [-0.15, -0.1) is 0 Å². The molecule has 0 bridgehead atoms. The monoisotopic (exact) mass is 236 g/mol. The molecule has 0 spiro atoms. The Balaban J connectivity index is 2.68. The first-order valence-electron chi connectivity index (χ1n) is 5.29. The predicted molar refractivity (Wildman–Crippen MR) is 64.2 cm³/mol. The van der Waals surface area contributed by atoms with E-state index in [2.05, 4.69) is 15.3 Å². The molecular weight excluding hydrogens is 220 g/mol. The number of azide groups is 1. The highest BCUT2D eigenvalue weighted by Gasteiger charge is 2.17. The van der Waals surface area contributed by atoms with Crippen molar-refractivity contribution in [2.24, 2.45) is 5.11 Å². The fourth-order valence-electron chi connectivity index (χ4n) is 1.48. The summed E-state index contributed by atoms with van der Waals surface area (Å²) < 4.78 is 0. The standard InChI is InChI=1S/C11H16N4O2/c1-13-6-8-2-4-9(5-3-8)11(17)10(16)7-14-15-12/h2-5,10-11,13,16-17H,6-7H2,1H3. The molecule has 0 heterocycles. The molecule has 0 aliphatic rings. The maximum atomic E-state index is 9.79. The van der Waals surface area contributed by atoms with Gasteiger partial charge in [-0.2, -0.15) is 0 Å². The van der Waals surface area contributed by atoms with Gasteiger partial charge in [0, 0.05) is 11.5 Å². The van der Waals surface area contributed by atoms with Gasteiger partial charge >= 0.3 is 0 Å². The fraction of sp³-hybridized carbons (Fsp3) is 0.455.